The van der Waals surface area contributed by atoms with E-state index in [2.05, 4.69) is 4.99 Å². The molecule has 362 valence electrons. The number of nitrogens with zero attached hydrogens (tertiary/aromatic N) is 7. The Morgan fingerprint density at radius 1 is 0.492 bits per heavy atom. The number of unbranched alkanes of at least 4 members (excludes halogenated alkanes) is 4. The zero-order chi connectivity index (χ0) is 48.1. The van der Waals surface area contributed by atoms with E-state index in [0.717, 1.165) is 24.0 Å². The molecule has 18 heteroatoms. The summed E-state index contributed by atoms with van der Waals surface area (Å²) in [5.74, 6) is -2.33. The summed E-state index contributed by atoms with van der Waals surface area (Å²) in [6.07, 6.45) is 4.97. The van der Waals surface area contributed by atoms with Crippen molar-refractivity contribution in [2.75, 3.05) is 98.7 Å². The quantitative estimate of drug-likeness (QED) is 0.0387. The summed E-state index contributed by atoms with van der Waals surface area (Å²) in [5.41, 5.74) is 29.9. The largest absolute Gasteiger partial charge is 0.370 e. The Bertz CT molecular complexity index is 1760. The third kappa shape index (κ3) is 21.4. The Labute approximate surface area is 386 Å². The molecule has 2 aromatic carbocycles. The van der Waals surface area contributed by atoms with Gasteiger partial charge >= 0.3 is 0 Å². The van der Waals surface area contributed by atoms with Crippen molar-refractivity contribution in [1.82, 2.24) is 29.4 Å². The number of nitrogens with two attached hydrogens (primary N) is 5. The highest BCUT2D eigenvalue weighted by Gasteiger charge is 2.32. The molecule has 0 saturated heterocycles. The Morgan fingerprint density at radius 2 is 0.862 bits per heavy atom. The first kappa shape index (κ1) is 55.7. The van der Waals surface area contributed by atoms with E-state index in [4.69, 9.17) is 28.7 Å². The van der Waals surface area contributed by atoms with Gasteiger partial charge in [-0.3, -0.25) is 38.7 Å². The number of rotatable bonds is 33. The fourth-order valence-corrected chi connectivity index (χ4v) is 7.29. The molecule has 0 radical (unpaired) electrons. The van der Waals surface area contributed by atoms with Crippen LogP contribution in [0.4, 0.5) is 0 Å². The van der Waals surface area contributed by atoms with Crippen molar-refractivity contribution in [2.45, 2.75) is 84.2 Å². The van der Waals surface area contributed by atoms with Gasteiger partial charge in [-0.05, 0) is 116 Å². The molecule has 2 rings (SSSR count). The van der Waals surface area contributed by atoms with Crippen LogP contribution in [0.3, 0.4) is 0 Å². The Morgan fingerprint density at radius 3 is 1.28 bits per heavy atom. The third-order valence-corrected chi connectivity index (χ3v) is 11.2. The standard InChI is InChI=1S/C47H78N12O6/c1-37(60)31-58(38(2)40-19-7-5-8-20-40)45(64)34-57(29-17-13-25-50)44(63)36-59(39(3)41-21-9-6-10-22-41)46(65)35-56(30-18-14-26-53-47(51)52)43(62)33-55(28-16-12-24-49)42(61)32-54(4)27-15-11-23-48/h5-10,19-22,38-39H,11-18,23-36,48-50H2,1-4H3,(H4,51,52,53)/t38-,39-/m0/s1. The van der Waals surface area contributed by atoms with Gasteiger partial charge in [-0.1, -0.05) is 60.7 Å². The lowest BCUT2D eigenvalue weighted by molar-refractivity contribution is -0.149. The van der Waals surface area contributed by atoms with E-state index in [1.807, 2.05) is 86.5 Å². The zero-order valence-corrected chi connectivity index (χ0v) is 39.5. The van der Waals surface area contributed by atoms with Crippen LogP contribution >= 0.6 is 0 Å². The number of hydrogen-bond donors (Lipinski definition) is 5. The highest BCUT2D eigenvalue weighted by molar-refractivity contribution is 5.92. The number of hydrogen-bond acceptors (Lipinski definition) is 11. The van der Waals surface area contributed by atoms with Gasteiger partial charge in [0.15, 0.2) is 5.96 Å². The number of carbonyl (C=O) groups is 6. The Hall–Kier alpha value is -5.43. The lowest BCUT2D eigenvalue weighted by atomic mass is 10.1. The second-order valence-electron chi connectivity index (χ2n) is 16.6. The number of Topliss-reactive ketones (excluding diaryl/α,β-unsaturated/α-hetero) is 1. The van der Waals surface area contributed by atoms with Crippen LogP contribution in [0.2, 0.25) is 0 Å². The van der Waals surface area contributed by atoms with Crippen LogP contribution in [0.1, 0.15) is 95.3 Å². The van der Waals surface area contributed by atoms with Crippen molar-refractivity contribution < 1.29 is 28.8 Å². The molecule has 2 aromatic rings. The number of likely N-dealkylation sites (N-methyl/N-ethyl adjacent to an activating group) is 1. The predicted octanol–water partition coefficient (Wildman–Crippen LogP) is 1.44. The second kappa shape index (κ2) is 31.4. The van der Waals surface area contributed by atoms with Crippen LogP contribution < -0.4 is 28.7 Å². The van der Waals surface area contributed by atoms with Crippen LogP contribution in [0.25, 0.3) is 0 Å². The highest BCUT2D eigenvalue weighted by Crippen LogP contribution is 2.23. The van der Waals surface area contributed by atoms with Crippen LogP contribution in [0, 0.1) is 0 Å². The molecule has 10 N–H and O–H groups in total. The maximum atomic E-state index is 14.7. The molecule has 18 nitrogen and oxygen atoms in total. The van der Waals surface area contributed by atoms with Crippen LogP contribution in [-0.2, 0) is 28.8 Å². The zero-order valence-electron chi connectivity index (χ0n) is 39.5. The van der Waals surface area contributed by atoms with Crippen LogP contribution in [-0.4, -0.2) is 169 Å². The third-order valence-electron chi connectivity index (χ3n) is 11.2. The molecule has 0 heterocycles. The van der Waals surface area contributed by atoms with Crippen molar-refractivity contribution in [3.8, 4) is 0 Å². The van der Waals surface area contributed by atoms with E-state index in [0.29, 0.717) is 77.8 Å². The SMILES string of the molecule is CC(=O)CN(C(=O)CN(CCCCN)C(=O)CN(C(=O)CN(CCCCN=C(N)N)C(=O)CN(CCCCN)C(=O)CN(C)CCCCN)[C@@H](C)c1ccccc1)[C@@H](C)c1ccccc1. The maximum Gasteiger partial charge on any atom is 0.243 e. The molecule has 5 amide bonds. The van der Waals surface area contributed by atoms with Crippen molar-refractivity contribution in [3.63, 3.8) is 0 Å². The molecule has 0 saturated carbocycles. The summed E-state index contributed by atoms with van der Waals surface area (Å²) in [5, 5.41) is 0. The number of benzene rings is 2. The number of guanidine groups is 1. The van der Waals surface area contributed by atoms with Gasteiger partial charge in [0.05, 0.1) is 44.8 Å². The highest BCUT2D eigenvalue weighted by atomic mass is 16.2. The summed E-state index contributed by atoms with van der Waals surface area (Å²) in [4.78, 5) is 97.1. The number of ketones is 1. The van der Waals surface area contributed by atoms with Gasteiger partial charge in [0, 0.05) is 26.2 Å². The van der Waals surface area contributed by atoms with E-state index in [1.165, 1.54) is 31.4 Å². The first-order chi connectivity index (χ1) is 31.1. The summed E-state index contributed by atoms with van der Waals surface area (Å²) in [7, 11) is 1.85. The number of aliphatic imine (C=N–C) groups is 1. The lowest BCUT2D eigenvalue weighted by Gasteiger charge is -2.35. The molecule has 2 atom stereocenters. The molecule has 65 heavy (non-hydrogen) atoms. The Kier molecular flexibility index (Phi) is 26.9. The van der Waals surface area contributed by atoms with E-state index in [1.54, 1.807) is 0 Å². The minimum Gasteiger partial charge on any atom is -0.370 e. The Balaban J connectivity index is 2.51. The lowest BCUT2D eigenvalue weighted by Crippen LogP contribution is -2.52. The van der Waals surface area contributed by atoms with E-state index < -0.39 is 42.3 Å². The van der Waals surface area contributed by atoms with Crippen molar-refractivity contribution in [2.24, 2.45) is 33.7 Å². The van der Waals surface area contributed by atoms with Crippen molar-refractivity contribution in [1.29, 1.82) is 0 Å². The van der Waals surface area contributed by atoms with E-state index in [9.17, 15) is 28.8 Å². The van der Waals surface area contributed by atoms with Gasteiger partial charge < -0.3 is 53.2 Å². The average Bonchev–Trinajstić information content (AvgIpc) is 3.28. The van der Waals surface area contributed by atoms with Gasteiger partial charge in [0.1, 0.15) is 12.3 Å². The first-order valence-corrected chi connectivity index (χ1v) is 23.0. The second-order valence-corrected chi connectivity index (χ2v) is 16.6. The molecule has 0 bridgehead atoms. The molecule has 0 aliphatic heterocycles. The minimum atomic E-state index is -0.621. The fourth-order valence-electron chi connectivity index (χ4n) is 7.29. The summed E-state index contributed by atoms with van der Waals surface area (Å²) in [6, 6.07) is 17.5. The smallest absolute Gasteiger partial charge is 0.243 e. The van der Waals surface area contributed by atoms with Crippen LogP contribution in [0.15, 0.2) is 65.7 Å². The molecule has 0 spiro atoms. The fraction of sp³-hybridized carbons (Fsp3) is 0.596. The molecular formula is C47H78N12O6. The molecule has 0 aliphatic carbocycles. The molecular weight excluding hydrogens is 829 g/mol. The number of amides is 5. The topological polar surface area (TPSA) is 264 Å². The van der Waals surface area contributed by atoms with Crippen molar-refractivity contribution >= 4 is 41.3 Å². The van der Waals surface area contributed by atoms with Crippen LogP contribution in [0.5, 0.6) is 0 Å². The number of carbonyl (C=O) groups excluding carboxylic acids is 6. The first-order valence-electron chi connectivity index (χ1n) is 23.0. The summed E-state index contributed by atoms with van der Waals surface area (Å²) in [6.45, 7) is 6.64. The summed E-state index contributed by atoms with van der Waals surface area (Å²) < 4.78 is 0. The predicted molar refractivity (Wildman–Crippen MR) is 256 cm³/mol. The average molecular weight is 907 g/mol. The molecule has 0 aromatic heterocycles. The minimum absolute atomic E-state index is 0.0565. The van der Waals surface area contributed by atoms with Gasteiger partial charge in [0.2, 0.25) is 29.5 Å². The van der Waals surface area contributed by atoms with E-state index >= 15 is 0 Å². The van der Waals surface area contributed by atoms with Gasteiger partial charge in [-0.2, -0.15) is 0 Å². The maximum absolute atomic E-state index is 14.7. The van der Waals surface area contributed by atoms with Gasteiger partial charge in [-0.15, -0.1) is 0 Å². The monoisotopic (exact) mass is 907 g/mol. The molecule has 0 fully saturated rings. The van der Waals surface area contributed by atoms with Gasteiger partial charge in [0.25, 0.3) is 0 Å². The van der Waals surface area contributed by atoms with Gasteiger partial charge in [-0.25, -0.2) is 0 Å². The van der Waals surface area contributed by atoms with Crippen molar-refractivity contribution in [3.05, 3.63) is 71.8 Å². The summed E-state index contributed by atoms with van der Waals surface area (Å²) >= 11 is 0. The molecule has 0 unspecified atom stereocenters. The normalized spacial score (nSPS) is 11.9. The van der Waals surface area contributed by atoms with E-state index in [-0.39, 0.29) is 63.5 Å². The molecule has 0 aliphatic rings.